The molecule has 1 aliphatic rings. The van der Waals surface area contributed by atoms with E-state index in [0.29, 0.717) is 29.5 Å². The number of carbonyl (C=O) groups excluding carboxylic acids is 1. The molecule has 0 atom stereocenters. The van der Waals surface area contributed by atoms with Crippen LogP contribution < -0.4 is 9.62 Å². The molecule has 0 unspecified atom stereocenters. The minimum Gasteiger partial charge on any atom is -0.378 e. The molecule has 0 aliphatic carbocycles. The quantitative estimate of drug-likeness (QED) is 0.788. The Labute approximate surface area is 157 Å². The number of hydrogen-bond acceptors (Lipinski definition) is 5. The number of rotatable bonds is 5. The molecule has 0 amide bonds. The average molecular weight is 395 g/mol. The van der Waals surface area contributed by atoms with E-state index in [1.165, 1.54) is 31.2 Å². The van der Waals surface area contributed by atoms with Crippen molar-refractivity contribution in [2.75, 3.05) is 35.9 Å². The van der Waals surface area contributed by atoms with Gasteiger partial charge in [0.25, 0.3) is 10.0 Å². The lowest BCUT2D eigenvalue weighted by Crippen LogP contribution is -2.36. The normalized spacial score (nSPS) is 14.9. The van der Waals surface area contributed by atoms with Gasteiger partial charge in [-0.1, -0.05) is 23.7 Å². The average Bonchev–Trinajstić information content (AvgIpc) is 2.64. The first-order valence-electron chi connectivity index (χ1n) is 8.13. The number of hydrogen-bond donors (Lipinski definition) is 1. The van der Waals surface area contributed by atoms with E-state index in [-0.39, 0.29) is 10.7 Å². The molecule has 0 radical (unpaired) electrons. The maximum absolute atomic E-state index is 12.6. The number of morpholine rings is 1. The topological polar surface area (TPSA) is 75.7 Å². The highest BCUT2D eigenvalue weighted by Crippen LogP contribution is 2.30. The van der Waals surface area contributed by atoms with Crippen molar-refractivity contribution in [3.63, 3.8) is 0 Å². The van der Waals surface area contributed by atoms with E-state index >= 15 is 0 Å². The van der Waals surface area contributed by atoms with Gasteiger partial charge in [-0.15, -0.1) is 0 Å². The number of nitrogens with zero attached hydrogens (tertiary/aromatic N) is 1. The molecule has 1 heterocycles. The van der Waals surface area contributed by atoms with Gasteiger partial charge in [0.1, 0.15) is 0 Å². The first kappa shape index (κ1) is 18.7. The molecule has 1 N–H and O–H groups in total. The molecule has 0 bridgehead atoms. The zero-order valence-electron chi connectivity index (χ0n) is 14.2. The number of Topliss-reactive ketones (excluding diaryl/α,β-unsaturated/α-hetero) is 1. The smallest absolute Gasteiger partial charge is 0.261 e. The number of ketones is 1. The summed E-state index contributed by atoms with van der Waals surface area (Å²) in [5.41, 5.74) is 1.64. The van der Waals surface area contributed by atoms with E-state index in [1.54, 1.807) is 12.1 Å². The third-order valence-electron chi connectivity index (χ3n) is 4.14. The third kappa shape index (κ3) is 4.17. The highest BCUT2D eigenvalue weighted by Gasteiger charge is 2.18. The molecule has 2 aromatic carbocycles. The van der Waals surface area contributed by atoms with Crippen LogP contribution in [0.3, 0.4) is 0 Å². The molecule has 26 heavy (non-hydrogen) atoms. The van der Waals surface area contributed by atoms with Crippen molar-refractivity contribution in [3.05, 3.63) is 53.1 Å². The lowest BCUT2D eigenvalue weighted by molar-refractivity contribution is 0.101. The summed E-state index contributed by atoms with van der Waals surface area (Å²) in [4.78, 5) is 13.5. The Hall–Kier alpha value is -2.09. The van der Waals surface area contributed by atoms with Crippen LogP contribution >= 0.6 is 11.6 Å². The Morgan fingerprint density at radius 1 is 1.12 bits per heavy atom. The number of halogens is 1. The van der Waals surface area contributed by atoms with Gasteiger partial charge in [0.15, 0.2) is 5.78 Å². The van der Waals surface area contributed by atoms with Crippen LogP contribution in [0.2, 0.25) is 5.02 Å². The number of nitrogens with one attached hydrogen (secondary N) is 1. The fourth-order valence-electron chi connectivity index (χ4n) is 2.68. The molecule has 3 rings (SSSR count). The zero-order valence-corrected chi connectivity index (χ0v) is 15.8. The lowest BCUT2D eigenvalue weighted by atomic mass is 10.2. The van der Waals surface area contributed by atoms with E-state index in [0.717, 1.165) is 18.8 Å². The van der Waals surface area contributed by atoms with Crippen molar-refractivity contribution < 1.29 is 17.9 Å². The second-order valence-corrected chi connectivity index (χ2v) is 8.04. The Bertz CT molecular complexity index is 907. The highest BCUT2D eigenvalue weighted by atomic mass is 35.5. The second kappa shape index (κ2) is 7.65. The van der Waals surface area contributed by atoms with Gasteiger partial charge in [0, 0.05) is 24.3 Å². The molecule has 0 spiro atoms. The molecular weight excluding hydrogens is 376 g/mol. The van der Waals surface area contributed by atoms with Crippen molar-refractivity contribution in [2.24, 2.45) is 0 Å². The summed E-state index contributed by atoms with van der Waals surface area (Å²) in [6.45, 7) is 4.16. The summed E-state index contributed by atoms with van der Waals surface area (Å²) in [7, 11) is -3.81. The van der Waals surface area contributed by atoms with Crippen molar-refractivity contribution in [3.8, 4) is 0 Å². The standard InChI is InChI=1S/C18H19ClN2O4S/c1-13(22)14-2-5-16(6-3-14)26(23,24)20-18-12-15(4-7-17(18)19)21-8-10-25-11-9-21/h2-7,12,20H,8-11H2,1H3. The minimum atomic E-state index is -3.81. The zero-order chi connectivity index (χ0) is 18.7. The SMILES string of the molecule is CC(=O)c1ccc(S(=O)(=O)Nc2cc(N3CCOCC3)ccc2Cl)cc1. The van der Waals surface area contributed by atoms with Crippen molar-refractivity contribution >= 4 is 38.8 Å². The summed E-state index contributed by atoms with van der Waals surface area (Å²) < 4.78 is 33.1. The maximum Gasteiger partial charge on any atom is 0.261 e. The number of carbonyl (C=O) groups is 1. The fourth-order valence-corrected chi connectivity index (χ4v) is 3.97. The number of anilines is 2. The van der Waals surface area contributed by atoms with Crippen molar-refractivity contribution in [1.29, 1.82) is 0 Å². The Morgan fingerprint density at radius 3 is 2.38 bits per heavy atom. The Morgan fingerprint density at radius 2 is 1.77 bits per heavy atom. The van der Waals surface area contributed by atoms with Gasteiger partial charge in [-0.3, -0.25) is 9.52 Å². The molecule has 138 valence electrons. The Balaban J connectivity index is 1.85. The first-order chi connectivity index (χ1) is 12.4. The van der Waals surface area contributed by atoms with Gasteiger partial charge in [0.2, 0.25) is 0 Å². The number of benzene rings is 2. The molecule has 6 nitrogen and oxygen atoms in total. The van der Waals surface area contributed by atoms with Gasteiger partial charge in [0.05, 0.1) is 28.8 Å². The summed E-state index contributed by atoms with van der Waals surface area (Å²) in [5, 5.41) is 0.311. The molecule has 1 saturated heterocycles. The van der Waals surface area contributed by atoms with Gasteiger partial charge in [-0.2, -0.15) is 0 Å². The maximum atomic E-state index is 12.6. The molecule has 2 aromatic rings. The largest absolute Gasteiger partial charge is 0.378 e. The van der Waals surface area contributed by atoms with E-state index in [2.05, 4.69) is 9.62 Å². The molecule has 1 aliphatic heterocycles. The van der Waals surface area contributed by atoms with Gasteiger partial charge in [-0.05, 0) is 37.3 Å². The first-order valence-corrected chi connectivity index (χ1v) is 9.99. The van der Waals surface area contributed by atoms with Crippen molar-refractivity contribution in [2.45, 2.75) is 11.8 Å². The van der Waals surface area contributed by atoms with Gasteiger partial charge >= 0.3 is 0 Å². The number of sulfonamides is 1. The van der Waals surface area contributed by atoms with E-state index in [1.807, 2.05) is 6.07 Å². The molecular formula is C18H19ClN2O4S. The predicted molar refractivity (Wildman–Crippen MR) is 102 cm³/mol. The van der Waals surface area contributed by atoms with Crippen LogP contribution in [0.25, 0.3) is 0 Å². The second-order valence-electron chi connectivity index (χ2n) is 5.95. The highest BCUT2D eigenvalue weighted by molar-refractivity contribution is 7.92. The summed E-state index contributed by atoms with van der Waals surface area (Å²) >= 11 is 6.18. The van der Waals surface area contributed by atoms with E-state index in [4.69, 9.17) is 16.3 Å². The third-order valence-corrected chi connectivity index (χ3v) is 5.85. The predicted octanol–water partition coefficient (Wildman–Crippen LogP) is 3.18. The van der Waals surface area contributed by atoms with Crippen LogP contribution in [-0.2, 0) is 14.8 Å². The number of ether oxygens (including phenoxy) is 1. The summed E-state index contributed by atoms with van der Waals surface area (Å²) in [5.74, 6) is -0.122. The van der Waals surface area contributed by atoms with Crippen LogP contribution in [0.1, 0.15) is 17.3 Å². The van der Waals surface area contributed by atoms with Crippen LogP contribution in [-0.4, -0.2) is 40.5 Å². The molecule has 0 saturated carbocycles. The van der Waals surface area contributed by atoms with Crippen LogP contribution in [0, 0.1) is 0 Å². The minimum absolute atomic E-state index is 0.0651. The van der Waals surface area contributed by atoms with Crippen LogP contribution in [0.5, 0.6) is 0 Å². The van der Waals surface area contributed by atoms with Gasteiger partial charge in [-0.25, -0.2) is 8.42 Å². The lowest BCUT2D eigenvalue weighted by Gasteiger charge is -2.29. The van der Waals surface area contributed by atoms with E-state index < -0.39 is 10.0 Å². The molecule has 0 aromatic heterocycles. The summed E-state index contributed by atoms with van der Waals surface area (Å²) in [6, 6.07) is 11.0. The monoisotopic (exact) mass is 394 g/mol. The van der Waals surface area contributed by atoms with Crippen LogP contribution in [0.4, 0.5) is 11.4 Å². The van der Waals surface area contributed by atoms with Crippen LogP contribution in [0.15, 0.2) is 47.4 Å². The summed E-state index contributed by atoms with van der Waals surface area (Å²) in [6.07, 6.45) is 0. The molecule has 1 fully saturated rings. The Kier molecular flexibility index (Phi) is 5.50. The molecule has 8 heteroatoms. The van der Waals surface area contributed by atoms with Crippen molar-refractivity contribution in [1.82, 2.24) is 0 Å². The van der Waals surface area contributed by atoms with Gasteiger partial charge < -0.3 is 9.64 Å². The fraction of sp³-hybridized carbons (Fsp3) is 0.278. The van der Waals surface area contributed by atoms with E-state index in [9.17, 15) is 13.2 Å².